The van der Waals surface area contributed by atoms with Gasteiger partial charge in [-0.05, 0) is 31.5 Å². The Hall–Kier alpha value is -0.480. The van der Waals surface area contributed by atoms with Gasteiger partial charge in [0.1, 0.15) is 5.75 Å². The second-order valence-corrected chi connectivity index (χ2v) is 6.25. The minimum Gasteiger partial charge on any atom is -0.493 e. The molecule has 2 heterocycles. The highest BCUT2D eigenvalue weighted by Gasteiger charge is 2.24. The molecule has 3 rings (SSSR count). The van der Waals surface area contributed by atoms with Crippen LogP contribution in [0.1, 0.15) is 25.0 Å². The van der Waals surface area contributed by atoms with Gasteiger partial charge in [-0.1, -0.05) is 11.6 Å². The molecule has 0 aromatic heterocycles. The van der Waals surface area contributed by atoms with E-state index in [0.717, 1.165) is 43.4 Å². The molecule has 0 aliphatic carbocycles. The summed E-state index contributed by atoms with van der Waals surface area (Å²) >= 11 is 6.22. The van der Waals surface area contributed by atoms with Gasteiger partial charge < -0.3 is 10.1 Å². The van der Waals surface area contributed by atoms with Crippen LogP contribution in [0.25, 0.3) is 0 Å². The van der Waals surface area contributed by atoms with E-state index >= 15 is 0 Å². The molecule has 1 saturated heterocycles. The highest BCUT2D eigenvalue weighted by Crippen LogP contribution is 2.33. The van der Waals surface area contributed by atoms with Crippen LogP contribution < -0.4 is 10.1 Å². The van der Waals surface area contributed by atoms with Crippen LogP contribution in [0.3, 0.4) is 0 Å². The van der Waals surface area contributed by atoms with E-state index in [4.69, 9.17) is 16.3 Å². The maximum atomic E-state index is 6.22. The van der Waals surface area contributed by atoms with E-state index in [1.54, 1.807) is 0 Å². The number of rotatable bonds is 2. The average molecular weight is 317 g/mol. The van der Waals surface area contributed by atoms with Crippen molar-refractivity contribution in [2.45, 2.75) is 38.9 Å². The zero-order valence-corrected chi connectivity index (χ0v) is 13.6. The number of piperazine rings is 1. The quantitative estimate of drug-likeness (QED) is 0.908. The van der Waals surface area contributed by atoms with Gasteiger partial charge in [-0.2, -0.15) is 0 Å². The van der Waals surface area contributed by atoms with Gasteiger partial charge in [-0.15, -0.1) is 12.4 Å². The highest BCUT2D eigenvalue weighted by atomic mass is 35.5. The number of ether oxygens (including phenoxy) is 1. The normalized spacial score (nSPS) is 25.8. The first-order valence-electron chi connectivity index (χ1n) is 7.04. The summed E-state index contributed by atoms with van der Waals surface area (Å²) < 4.78 is 5.78. The summed E-state index contributed by atoms with van der Waals surface area (Å²) in [7, 11) is 0. The predicted molar refractivity (Wildman–Crippen MR) is 85.2 cm³/mol. The fourth-order valence-electron chi connectivity index (χ4n) is 3.27. The van der Waals surface area contributed by atoms with Crippen molar-refractivity contribution in [3.05, 3.63) is 28.3 Å². The fraction of sp³-hybridized carbons (Fsp3) is 0.600. The Bertz CT molecular complexity index is 471. The smallest absolute Gasteiger partial charge is 0.127 e. The Morgan fingerprint density at radius 3 is 2.70 bits per heavy atom. The van der Waals surface area contributed by atoms with Gasteiger partial charge in [-0.25, -0.2) is 0 Å². The molecule has 0 amide bonds. The van der Waals surface area contributed by atoms with Gasteiger partial charge in [0.05, 0.1) is 6.61 Å². The zero-order valence-electron chi connectivity index (χ0n) is 12.0. The van der Waals surface area contributed by atoms with Crippen LogP contribution in [0, 0.1) is 0 Å². The molecule has 0 saturated carbocycles. The third-order valence-corrected chi connectivity index (χ3v) is 4.07. The molecule has 112 valence electrons. The first-order valence-corrected chi connectivity index (χ1v) is 7.42. The minimum atomic E-state index is 0. The van der Waals surface area contributed by atoms with E-state index in [1.165, 1.54) is 11.1 Å². The lowest BCUT2D eigenvalue weighted by Gasteiger charge is -2.36. The highest BCUT2D eigenvalue weighted by molar-refractivity contribution is 6.30. The first kappa shape index (κ1) is 15.9. The standard InChI is InChI=1S/C15H21ClN2O.ClH/c1-10-7-18(8-11(2)17-10)9-13-6-14(16)5-12-3-4-19-15(12)13;/h5-6,10-11,17H,3-4,7-9H2,1-2H3;1H. The van der Waals surface area contributed by atoms with Gasteiger partial charge >= 0.3 is 0 Å². The average Bonchev–Trinajstić information content (AvgIpc) is 2.75. The van der Waals surface area contributed by atoms with Crippen LogP contribution in [0.5, 0.6) is 5.75 Å². The van der Waals surface area contributed by atoms with Gasteiger partial charge in [0.15, 0.2) is 0 Å². The molecule has 1 aromatic carbocycles. The summed E-state index contributed by atoms with van der Waals surface area (Å²) in [6.07, 6.45) is 0.983. The van der Waals surface area contributed by atoms with Crippen LogP contribution in [0.4, 0.5) is 0 Å². The van der Waals surface area contributed by atoms with Gasteiger partial charge in [-0.3, -0.25) is 4.90 Å². The van der Waals surface area contributed by atoms with Crippen molar-refractivity contribution in [1.29, 1.82) is 0 Å². The molecule has 1 aromatic rings. The summed E-state index contributed by atoms with van der Waals surface area (Å²) in [5, 5.41) is 4.39. The number of nitrogens with zero attached hydrogens (tertiary/aromatic N) is 1. The third kappa shape index (κ3) is 3.40. The van der Waals surface area contributed by atoms with Crippen molar-refractivity contribution in [2.75, 3.05) is 19.7 Å². The Morgan fingerprint density at radius 2 is 2.00 bits per heavy atom. The van der Waals surface area contributed by atoms with Crippen molar-refractivity contribution in [3.63, 3.8) is 0 Å². The lowest BCUT2D eigenvalue weighted by molar-refractivity contribution is 0.165. The van der Waals surface area contributed by atoms with Gasteiger partial charge in [0.2, 0.25) is 0 Å². The Balaban J connectivity index is 0.00000147. The van der Waals surface area contributed by atoms with Crippen molar-refractivity contribution in [2.24, 2.45) is 0 Å². The monoisotopic (exact) mass is 316 g/mol. The van der Waals surface area contributed by atoms with E-state index < -0.39 is 0 Å². The van der Waals surface area contributed by atoms with Crippen molar-refractivity contribution in [1.82, 2.24) is 10.2 Å². The molecule has 2 atom stereocenters. The van der Waals surface area contributed by atoms with Crippen molar-refractivity contribution in [3.8, 4) is 5.75 Å². The summed E-state index contributed by atoms with van der Waals surface area (Å²) in [5.41, 5.74) is 2.50. The Kier molecular flexibility index (Phi) is 5.19. The molecule has 3 nitrogen and oxygen atoms in total. The molecule has 0 bridgehead atoms. The Morgan fingerprint density at radius 1 is 1.30 bits per heavy atom. The SMILES string of the molecule is CC1CN(Cc2cc(Cl)cc3c2OCC3)CC(C)N1.Cl. The molecule has 5 heteroatoms. The molecule has 2 aliphatic rings. The molecular weight excluding hydrogens is 295 g/mol. The summed E-state index contributed by atoms with van der Waals surface area (Å²) in [4.78, 5) is 2.49. The Labute approximate surface area is 132 Å². The van der Waals surface area contributed by atoms with Crippen LogP contribution >= 0.6 is 24.0 Å². The fourth-order valence-corrected chi connectivity index (χ4v) is 3.54. The maximum Gasteiger partial charge on any atom is 0.127 e. The maximum absolute atomic E-state index is 6.22. The molecule has 0 radical (unpaired) electrons. The first-order chi connectivity index (χ1) is 9.11. The van der Waals surface area contributed by atoms with Crippen molar-refractivity contribution >= 4 is 24.0 Å². The second-order valence-electron chi connectivity index (χ2n) is 5.81. The largest absolute Gasteiger partial charge is 0.493 e. The van der Waals surface area contributed by atoms with Crippen LogP contribution in [0.2, 0.25) is 5.02 Å². The van der Waals surface area contributed by atoms with Crippen LogP contribution in [0.15, 0.2) is 12.1 Å². The third-order valence-electron chi connectivity index (χ3n) is 3.85. The van der Waals surface area contributed by atoms with E-state index in [-0.39, 0.29) is 12.4 Å². The number of hydrogen-bond acceptors (Lipinski definition) is 3. The van der Waals surface area contributed by atoms with Gasteiger partial charge in [0.25, 0.3) is 0 Å². The number of hydrogen-bond donors (Lipinski definition) is 1. The predicted octanol–water partition coefficient (Wildman–Crippen LogP) is 2.88. The van der Waals surface area contributed by atoms with Crippen LogP contribution in [-0.2, 0) is 13.0 Å². The van der Waals surface area contributed by atoms with E-state index in [1.807, 2.05) is 6.07 Å². The second kappa shape index (κ2) is 6.52. The molecule has 2 unspecified atom stereocenters. The lowest BCUT2D eigenvalue weighted by atomic mass is 10.1. The lowest BCUT2D eigenvalue weighted by Crippen LogP contribution is -2.53. The molecule has 0 spiro atoms. The van der Waals surface area contributed by atoms with E-state index in [2.05, 4.69) is 30.1 Å². The molecular formula is C15H22Cl2N2O. The number of nitrogens with one attached hydrogen (secondary N) is 1. The minimum absolute atomic E-state index is 0. The summed E-state index contributed by atoms with van der Waals surface area (Å²) in [6, 6.07) is 5.17. The topological polar surface area (TPSA) is 24.5 Å². The number of halogens is 2. The zero-order chi connectivity index (χ0) is 13.4. The molecule has 2 aliphatic heterocycles. The molecule has 1 N–H and O–H groups in total. The molecule has 20 heavy (non-hydrogen) atoms. The van der Waals surface area contributed by atoms with Gasteiger partial charge in [0, 0.05) is 48.7 Å². The number of fused-ring (bicyclic) bond motifs is 1. The molecule has 1 fully saturated rings. The van der Waals surface area contributed by atoms with E-state index in [0.29, 0.717) is 12.1 Å². The summed E-state index contributed by atoms with van der Waals surface area (Å²) in [6.45, 7) is 8.34. The van der Waals surface area contributed by atoms with E-state index in [9.17, 15) is 0 Å². The number of benzene rings is 1. The van der Waals surface area contributed by atoms with Crippen LogP contribution in [-0.4, -0.2) is 36.7 Å². The van der Waals surface area contributed by atoms with Crippen molar-refractivity contribution < 1.29 is 4.74 Å². The summed E-state index contributed by atoms with van der Waals surface area (Å²) in [5.74, 6) is 1.07.